The summed E-state index contributed by atoms with van der Waals surface area (Å²) in [6, 6.07) is 0.941. The Balaban J connectivity index is 2.07. The van der Waals surface area contributed by atoms with Crippen molar-refractivity contribution < 1.29 is 32.2 Å². The van der Waals surface area contributed by atoms with E-state index in [4.69, 9.17) is 9.47 Å². The zero-order valence-corrected chi connectivity index (χ0v) is 21.9. The Bertz CT molecular complexity index is 965. The summed E-state index contributed by atoms with van der Waals surface area (Å²) in [4.78, 5) is 24.1. The maximum absolute atomic E-state index is 13.4. The maximum atomic E-state index is 13.4. The molecule has 0 radical (unpaired) electrons. The zero-order chi connectivity index (χ0) is 27.9. The standard InChI is InChI=1S/C23H36F3N7O4/c1-21(2,3)37-20(35)28-14-18(34)30-22(4,5)15-32-16(13-17(31-32)23(24,25)26)10-11-29-33(27-6)19-9-7-8-12-36-19/h11,13,19H,6-10,12,14-15H2,1-5H3,(H,28,35)(H,30,34)/b29-11-. The number of nitrogens with one attached hydrogen (secondary N) is 2. The fourth-order valence-electron chi connectivity index (χ4n) is 3.52. The summed E-state index contributed by atoms with van der Waals surface area (Å²) in [5.74, 6) is -0.539. The first-order chi connectivity index (χ1) is 17.1. The molecule has 1 aliphatic rings. The quantitative estimate of drug-likeness (QED) is 0.353. The summed E-state index contributed by atoms with van der Waals surface area (Å²) in [7, 11) is 0. The lowest BCUT2D eigenvalue weighted by Crippen LogP contribution is -2.50. The van der Waals surface area contributed by atoms with E-state index in [1.807, 2.05) is 0 Å². The number of alkyl carbamates (subject to hydrolysis) is 1. The largest absolute Gasteiger partial charge is 0.444 e. The Morgan fingerprint density at radius 2 is 2.00 bits per heavy atom. The fourth-order valence-corrected chi connectivity index (χ4v) is 3.52. The molecule has 2 N–H and O–H groups in total. The van der Waals surface area contributed by atoms with Crippen LogP contribution in [0.4, 0.5) is 18.0 Å². The maximum Gasteiger partial charge on any atom is 0.435 e. The highest BCUT2D eigenvalue weighted by Crippen LogP contribution is 2.29. The van der Waals surface area contributed by atoms with Gasteiger partial charge in [-0.3, -0.25) is 9.48 Å². The Morgan fingerprint density at radius 3 is 2.57 bits per heavy atom. The molecule has 2 amide bonds. The van der Waals surface area contributed by atoms with Crippen LogP contribution in [-0.4, -0.2) is 70.4 Å². The third-order valence-electron chi connectivity index (χ3n) is 5.03. The molecule has 0 spiro atoms. The van der Waals surface area contributed by atoms with Gasteiger partial charge in [0.1, 0.15) is 12.1 Å². The molecular formula is C23H36F3N7O4. The molecule has 0 bridgehead atoms. The molecular weight excluding hydrogens is 495 g/mol. The van der Waals surface area contributed by atoms with Crippen molar-refractivity contribution >= 4 is 24.9 Å². The van der Waals surface area contributed by atoms with Gasteiger partial charge < -0.3 is 20.1 Å². The Kier molecular flexibility index (Phi) is 10.1. The summed E-state index contributed by atoms with van der Waals surface area (Å²) in [5.41, 5.74) is -2.55. The lowest BCUT2D eigenvalue weighted by atomic mass is 10.1. The number of carbonyl (C=O) groups excluding carboxylic acids is 2. The molecule has 0 saturated carbocycles. The number of halogens is 3. The summed E-state index contributed by atoms with van der Waals surface area (Å²) >= 11 is 0. The van der Waals surface area contributed by atoms with Gasteiger partial charge >= 0.3 is 12.3 Å². The van der Waals surface area contributed by atoms with Crippen LogP contribution in [0.25, 0.3) is 0 Å². The van der Waals surface area contributed by atoms with E-state index >= 15 is 0 Å². The zero-order valence-electron chi connectivity index (χ0n) is 21.9. The molecule has 208 valence electrons. The van der Waals surface area contributed by atoms with E-state index in [0.717, 1.165) is 18.9 Å². The second-order valence-corrected chi connectivity index (χ2v) is 10.2. The van der Waals surface area contributed by atoms with Gasteiger partial charge in [0.05, 0.1) is 12.1 Å². The number of rotatable bonds is 10. The van der Waals surface area contributed by atoms with Crippen LogP contribution in [0.1, 0.15) is 65.3 Å². The van der Waals surface area contributed by atoms with Gasteiger partial charge in [0.2, 0.25) is 5.91 Å². The number of ether oxygens (including phenoxy) is 2. The predicted octanol–water partition coefficient (Wildman–Crippen LogP) is 3.29. The van der Waals surface area contributed by atoms with E-state index in [2.05, 4.69) is 32.7 Å². The van der Waals surface area contributed by atoms with E-state index in [9.17, 15) is 22.8 Å². The van der Waals surface area contributed by atoms with Crippen molar-refractivity contribution in [2.24, 2.45) is 10.2 Å². The van der Waals surface area contributed by atoms with Crippen LogP contribution in [0.15, 0.2) is 16.3 Å². The number of hydrogen-bond donors (Lipinski definition) is 2. The number of amides is 2. The number of hydrazone groups is 2. The van der Waals surface area contributed by atoms with Crippen molar-refractivity contribution in [3.63, 3.8) is 0 Å². The summed E-state index contributed by atoms with van der Waals surface area (Å²) in [5, 5.41) is 18.1. The molecule has 1 unspecified atom stereocenters. The summed E-state index contributed by atoms with van der Waals surface area (Å²) < 4.78 is 52.0. The molecule has 14 heteroatoms. The monoisotopic (exact) mass is 531 g/mol. The van der Waals surface area contributed by atoms with Gasteiger partial charge in [0.25, 0.3) is 0 Å². The Hall–Kier alpha value is -3.16. The van der Waals surface area contributed by atoms with Crippen molar-refractivity contribution in [3.8, 4) is 0 Å². The summed E-state index contributed by atoms with van der Waals surface area (Å²) in [6.45, 7) is 11.9. The van der Waals surface area contributed by atoms with Gasteiger partial charge in [-0.15, -0.1) is 0 Å². The summed E-state index contributed by atoms with van der Waals surface area (Å²) in [6.07, 6.45) is -1.75. The van der Waals surface area contributed by atoms with Gasteiger partial charge in [-0.1, -0.05) is 0 Å². The Morgan fingerprint density at radius 1 is 1.30 bits per heavy atom. The van der Waals surface area contributed by atoms with E-state index in [-0.39, 0.29) is 31.4 Å². The van der Waals surface area contributed by atoms with Gasteiger partial charge in [-0.05, 0) is 59.9 Å². The van der Waals surface area contributed by atoms with Crippen LogP contribution in [-0.2, 0) is 33.4 Å². The number of hydrogen-bond acceptors (Lipinski definition) is 8. The molecule has 1 aromatic heterocycles. The van der Waals surface area contributed by atoms with Crippen LogP contribution in [0.2, 0.25) is 0 Å². The average molecular weight is 532 g/mol. The van der Waals surface area contributed by atoms with Crippen LogP contribution < -0.4 is 10.6 Å². The number of nitrogens with zero attached hydrogens (tertiary/aromatic N) is 5. The van der Waals surface area contributed by atoms with Crippen molar-refractivity contribution in [3.05, 3.63) is 17.5 Å². The topological polar surface area (TPSA) is 122 Å². The predicted molar refractivity (Wildman–Crippen MR) is 131 cm³/mol. The third kappa shape index (κ3) is 10.4. The highest BCUT2D eigenvalue weighted by molar-refractivity contribution is 5.82. The highest BCUT2D eigenvalue weighted by Gasteiger charge is 2.35. The average Bonchev–Trinajstić information content (AvgIpc) is 3.16. The minimum atomic E-state index is -4.65. The lowest BCUT2D eigenvalue weighted by Gasteiger charge is -2.28. The minimum absolute atomic E-state index is 0.0199. The van der Waals surface area contributed by atoms with Crippen molar-refractivity contribution in [2.75, 3.05) is 13.2 Å². The third-order valence-corrected chi connectivity index (χ3v) is 5.03. The van der Waals surface area contributed by atoms with Gasteiger partial charge in [-0.2, -0.15) is 33.6 Å². The molecule has 1 fully saturated rings. The minimum Gasteiger partial charge on any atom is -0.444 e. The molecule has 0 aliphatic carbocycles. The fraction of sp³-hybridized carbons (Fsp3) is 0.696. The van der Waals surface area contributed by atoms with Gasteiger partial charge in [-0.25, -0.2) is 4.79 Å². The van der Waals surface area contributed by atoms with Gasteiger partial charge in [0.15, 0.2) is 11.9 Å². The van der Waals surface area contributed by atoms with Crippen LogP contribution in [0.3, 0.4) is 0 Å². The highest BCUT2D eigenvalue weighted by atomic mass is 19.4. The molecule has 1 aromatic rings. The molecule has 2 heterocycles. The Labute approximate surface area is 214 Å². The SMILES string of the molecule is C=NN(/N=C\Cc1cc(C(F)(F)F)nn1CC(C)(C)NC(=O)CNC(=O)OC(C)(C)C)C1CCCCO1. The molecule has 0 aromatic carbocycles. The molecule has 1 saturated heterocycles. The van der Waals surface area contributed by atoms with Crippen LogP contribution in [0, 0.1) is 0 Å². The first kappa shape index (κ1) is 30.1. The second-order valence-electron chi connectivity index (χ2n) is 10.2. The number of aromatic nitrogens is 2. The van der Waals surface area contributed by atoms with Crippen molar-refractivity contribution in [1.29, 1.82) is 0 Å². The van der Waals surface area contributed by atoms with Crippen molar-refractivity contribution in [2.45, 2.75) is 90.4 Å². The lowest BCUT2D eigenvalue weighted by molar-refractivity contribution is -0.141. The molecule has 11 nitrogen and oxygen atoms in total. The number of carbonyl (C=O) groups is 2. The normalized spacial score (nSPS) is 16.9. The molecule has 2 rings (SSSR count). The van der Waals surface area contributed by atoms with Gasteiger partial charge in [0, 0.05) is 31.7 Å². The van der Waals surface area contributed by atoms with E-state index in [0.29, 0.717) is 13.0 Å². The second kappa shape index (κ2) is 12.4. The first-order valence-electron chi connectivity index (χ1n) is 11.9. The van der Waals surface area contributed by atoms with E-state index < -0.39 is 35.0 Å². The van der Waals surface area contributed by atoms with E-state index in [1.54, 1.807) is 34.6 Å². The molecule has 1 aliphatic heterocycles. The first-order valence-corrected chi connectivity index (χ1v) is 11.9. The number of alkyl halides is 3. The van der Waals surface area contributed by atoms with Crippen molar-refractivity contribution in [1.82, 2.24) is 25.5 Å². The molecule has 1 atom stereocenters. The molecule has 37 heavy (non-hydrogen) atoms. The van der Waals surface area contributed by atoms with Crippen LogP contribution >= 0.6 is 0 Å². The van der Waals surface area contributed by atoms with E-state index in [1.165, 1.54) is 16.0 Å². The smallest absolute Gasteiger partial charge is 0.435 e. The van der Waals surface area contributed by atoms with Crippen LogP contribution in [0.5, 0.6) is 0 Å².